The number of nitrogens with one attached hydrogen (secondary N) is 1. The van der Waals surface area contributed by atoms with Gasteiger partial charge in [-0.25, -0.2) is 9.97 Å². The van der Waals surface area contributed by atoms with Crippen LogP contribution < -0.4 is 11.1 Å². The summed E-state index contributed by atoms with van der Waals surface area (Å²) in [6.07, 6.45) is 1.37. The van der Waals surface area contributed by atoms with Crippen LogP contribution in [0.5, 0.6) is 0 Å². The zero-order valence-corrected chi connectivity index (χ0v) is 9.80. The minimum absolute atomic E-state index is 0.265. The van der Waals surface area contributed by atoms with Crippen molar-refractivity contribution >= 4 is 23.2 Å². The third kappa shape index (κ3) is 3.21. The number of nitrogens with two attached hydrogens (primary N) is 1. The van der Waals surface area contributed by atoms with Crippen molar-refractivity contribution in [2.75, 3.05) is 24.8 Å². The summed E-state index contributed by atoms with van der Waals surface area (Å²) in [5, 5.41) is 3.48. The molecule has 0 fully saturated rings. The van der Waals surface area contributed by atoms with E-state index in [1.165, 1.54) is 6.33 Å². The number of ether oxygens (including phenoxy) is 1. The highest BCUT2D eigenvalue weighted by Gasteiger charge is 2.19. The standard InChI is InChI=1S/C9H15ClN4O/c1-9(2,4-15-3)14-8-6(10)7(11)12-5-13-8/h5H,4H2,1-3H3,(H3,11,12,13,14). The van der Waals surface area contributed by atoms with Gasteiger partial charge in [0, 0.05) is 7.11 Å². The number of anilines is 2. The third-order valence-corrected chi connectivity index (χ3v) is 2.15. The molecule has 84 valence electrons. The zero-order valence-electron chi connectivity index (χ0n) is 9.04. The normalized spacial score (nSPS) is 11.5. The monoisotopic (exact) mass is 230 g/mol. The maximum Gasteiger partial charge on any atom is 0.150 e. The van der Waals surface area contributed by atoms with Gasteiger partial charge in [0.25, 0.3) is 0 Å². The summed E-state index contributed by atoms with van der Waals surface area (Å²) in [5.74, 6) is 0.786. The van der Waals surface area contributed by atoms with Gasteiger partial charge in [-0.2, -0.15) is 0 Å². The average Bonchev–Trinajstić information content (AvgIpc) is 2.12. The molecule has 0 radical (unpaired) electrons. The van der Waals surface area contributed by atoms with Crippen LogP contribution in [0.25, 0.3) is 0 Å². The molecule has 1 aromatic heterocycles. The van der Waals surface area contributed by atoms with E-state index in [0.717, 1.165) is 0 Å². The SMILES string of the molecule is COCC(C)(C)Nc1ncnc(N)c1Cl. The second kappa shape index (κ2) is 4.63. The summed E-state index contributed by atoms with van der Waals surface area (Å²) in [4.78, 5) is 7.80. The van der Waals surface area contributed by atoms with E-state index in [1.807, 2.05) is 13.8 Å². The molecule has 15 heavy (non-hydrogen) atoms. The van der Waals surface area contributed by atoms with Crippen molar-refractivity contribution in [2.45, 2.75) is 19.4 Å². The summed E-state index contributed by atoms with van der Waals surface area (Å²) >= 11 is 5.95. The fraction of sp³-hybridized carbons (Fsp3) is 0.556. The minimum Gasteiger partial charge on any atom is -0.382 e. The largest absolute Gasteiger partial charge is 0.382 e. The van der Waals surface area contributed by atoms with Crippen LogP contribution in [0, 0.1) is 0 Å². The van der Waals surface area contributed by atoms with Gasteiger partial charge in [-0.05, 0) is 13.8 Å². The molecule has 3 N–H and O–H groups in total. The fourth-order valence-electron chi connectivity index (χ4n) is 1.19. The molecule has 0 aliphatic heterocycles. The first-order valence-electron chi connectivity index (χ1n) is 4.49. The molecule has 1 rings (SSSR count). The van der Waals surface area contributed by atoms with Gasteiger partial charge >= 0.3 is 0 Å². The maximum absolute atomic E-state index is 5.95. The van der Waals surface area contributed by atoms with E-state index in [2.05, 4.69) is 15.3 Å². The topological polar surface area (TPSA) is 73.1 Å². The van der Waals surface area contributed by atoms with Gasteiger partial charge in [0.1, 0.15) is 17.2 Å². The van der Waals surface area contributed by atoms with Crippen LogP contribution in [-0.4, -0.2) is 29.2 Å². The van der Waals surface area contributed by atoms with Crippen LogP contribution >= 0.6 is 11.6 Å². The number of halogens is 1. The highest BCUT2D eigenvalue weighted by atomic mass is 35.5. The van der Waals surface area contributed by atoms with Crippen LogP contribution in [0.15, 0.2) is 6.33 Å². The molecule has 0 atom stereocenters. The Morgan fingerprint density at radius 3 is 2.80 bits per heavy atom. The van der Waals surface area contributed by atoms with Crippen molar-refractivity contribution in [3.63, 3.8) is 0 Å². The lowest BCUT2D eigenvalue weighted by atomic mass is 10.1. The first kappa shape index (κ1) is 12.0. The molecular weight excluding hydrogens is 216 g/mol. The Morgan fingerprint density at radius 1 is 1.53 bits per heavy atom. The van der Waals surface area contributed by atoms with E-state index in [0.29, 0.717) is 17.4 Å². The molecule has 0 amide bonds. The number of aromatic nitrogens is 2. The molecule has 0 aliphatic rings. The third-order valence-electron chi connectivity index (χ3n) is 1.78. The molecular formula is C9H15ClN4O. The van der Waals surface area contributed by atoms with Crippen LogP contribution in [-0.2, 0) is 4.74 Å². The van der Waals surface area contributed by atoms with Gasteiger partial charge in [-0.3, -0.25) is 0 Å². The highest BCUT2D eigenvalue weighted by molar-refractivity contribution is 6.35. The fourth-order valence-corrected chi connectivity index (χ4v) is 1.33. The summed E-state index contributed by atoms with van der Waals surface area (Å²) < 4.78 is 5.07. The number of hydrogen-bond donors (Lipinski definition) is 2. The van der Waals surface area contributed by atoms with Gasteiger partial charge < -0.3 is 15.8 Å². The Kier molecular flexibility index (Phi) is 3.71. The lowest BCUT2D eigenvalue weighted by molar-refractivity contribution is 0.158. The van der Waals surface area contributed by atoms with Crippen molar-refractivity contribution in [3.8, 4) is 0 Å². The second-order valence-electron chi connectivity index (χ2n) is 3.86. The molecule has 1 heterocycles. The summed E-state index contributed by atoms with van der Waals surface area (Å²) in [6, 6.07) is 0. The quantitative estimate of drug-likeness (QED) is 0.821. The molecule has 0 saturated heterocycles. The zero-order chi connectivity index (χ0) is 11.5. The number of nitrogen functional groups attached to an aromatic ring is 1. The van der Waals surface area contributed by atoms with E-state index < -0.39 is 0 Å². The smallest absolute Gasteiger partial charge is 0.150 e. The first-order chi connectivity index (χ1) is 6.96. The Hall–Kier alpha value is -1.07. The van der Waals surface area contributed by atoms with Crippen LogP contribution in [0.4, 0.5) is 11.6 Å². The summed E-state index contributed by atoms with van der Waals surface area (Å²) in [6.45, 7) is 4.49. The molecule has 0 aliphatic carbocycles. The van der Waals surface area contributed by atoms with Crippen molar-refractivity contribution in [3.05, 3.63) is 11.3 Å². The van der Waals surface area contributed by atoms with Crippen LogP contribution in [0.2, 0.25) is 5.02 Å². The van der Waals surface area contributed by atoms with E-state index in [1.54, 1.807) is 7.11 Å². The molecule has 5 nitrogen and oxygen atoms in total. The van der Waals surface area contributed by atoms with Crippen molar-refractivity contribution in [2.24, 2.45) is 0 Å². The molecule has 0 bridgehead atoms. The first-order valence-corrected chi connectivity index (χ1v) is 4.87. The van der Waals surface area contributed by atoms with E-state index >= 15 is 0 Å². The molecule has 0 saturated carbocycles. The van der Waals surface area contributed by atoms with Crippen LogP contribution in [0.1, 0.15) is 13.8 Å². The molecule has 0 unspecified atom stereocenters. The number of hydrogen-bond acceptors (Lipinski definition) is 5. The van der Waals surface area contributed by atoms with Gasteiger partial charge in [0.2, 0.25) is 0 Å². The molecule has 0 aromatic carbocycles. The van der Waals surface area contributed by atoms with Crippen molar-refractivity contribution in [1.29, 1.82) is 0 Å². The minimum atomic E-state index is -0.265. The van der Waals surface area contributed by atoms with Gasteiger partial charge in [-0.1, -0.05) is 11.6 Å². The maximum atomic E-state index is 5.95. The van der Waals surface area contributed by atoms with Crippen molar-refractivity contribution in [1.82, 2.24) is 9.97 Å². The number of methoxy groups -OCH3 is 1. The van der Waals surface area contributed by atoms with E-state index in [4.69, 9.17) is 22.1 Å². The molecule has 0 spiro atoms. The van der Waals surface area contributed by atoms with E-state index in [-0.39, 0.29) is 11.4 Å². The summed E-state index contributed by atoms with van der Waals surface area (Å²) in [7, 11) is 1.64. The Bertz CT molecular complexity index is 343. The number of rotatable bonds is 4. The lowest BCUT2D eigenvalue weighted by Gasteiger charge is -2.26. The van der Waals surface area contributed by atoms with Crippen molar-refractivity contribution < 1.29 is 4.74 Å². The molecule has 6 heteroatoms. The van der Waals surface area contributed by atoms with Crippen LogP contribution in [0.3, 0.4) is 0 Å². The molecule has 1 aromatic rings. The van der Waals surface area contributed by atoms with E-state index in [9.17, 15) is 0 Å². The van der Waals surface area contributed by atoms with Gasteiger partial charge in [0.05, 0.1) is 12.1 Å². The number of nitrogens with zero attached hydrogens (tertiary/aromatic N) is 2. The summed E-state index contributed by atoms with van der Waals surface area (Å²) in [5.41, 5.74) is 5.29. The Labute approximate surface area is 94.0 Å². The average molecular weight is 231 g/mol. The lowest BCUT2D eigenvalue weighted by Crippen LogP contribution is -2.36. The second-order valence-corrected chi connectivity index (χ2v) is 4.24. The van der Waals surface area contributed by atoms with Gasteiger partial charge in [0.15, 0.2) is 5.82 Å². The highest BCUT2D eigenvalue weighted by Crippen LogP contribution is 2.25. The Morgan fingerprint density at radius 2 is 2.20 bits per heavy atom. The van der Waals surface area contributed by atoms with Gasteiger partial charge in [-0.15, -0.1) is 0 Å². The predicted octanol–water partition coefficient (Wildman–Crippen LogP) is 1.55. The Balaban J connectivity index is 2.85. The predicted molar refractivity (Wildman–Crippen MR) is 61.0 cm³/mol.